The van der Waals surface area contributed by atoms with Crippen LogP contribution in [0.2, 0.25) is 0 Å². The van der Waals surface area contributed by atoms with Gasteiger partial charge in [0, 0.05) is 31.7 Å². The number of amides is 1. The summed E-state index contributed by atoms with van der Waals surface area (Å²) in [6, 6.07) is 4.89. The van der Waals surface area contributed by atoms with Crippen molar-refractivity contribution in [1.82, 2.24) is 14.5 Å². The minimum Gasteiger partial charge on any atom is -0.507 e. The van der Waals surface area contributed by atoms with E-state index in [9.17, 15) is 9.90 Å². The molecule has 6 heteroatoms. The zero-order valence-corrected chi connectivity index (χ0v) is 11.4. The lowest BCUT2D eigenvalue weighted by Crippen LogP contribution is -2.29. The van der Waals surface area contributed by atoms with Crippen LogP contribution in [0.25, 0.3) is 5.69 Å². The van der Waals surface area contributed by atoms with Gasteiger partial charge < -0.3 is 20.3 Å². The Balaban J connectivity index is 2.27. The zero-order valence-electron chi connectivity index (χ0n) is 11.4. The Morgan fingerprint density at radius 1 is 1.50 bits per heavy atom. The number of hydrogen-bond acceptors (Lipinski definition) is 4. The van der Waals surface area contributed by atoms with Crippen molar-refractivity contribution in [3.8, 4) is 11.4 Å². The number of rotatable bonds is 5. The molecule has 0 bridgehead atoms. The number of aromatic hydroxyl groups is 1. The third-order valence-electron chi connectivity index (χ3n) is 3.06. The highest BCUT2D eigenvalue weighted by atomic mass is 16.3. The van der Waals surface area contributed by atoms with Crippen LogP contribution in [0.4, 0.5) is 0 Å². The third kappa shape index (κ3) is 2.97. The van der Waals surface area contributed by atoms with E-state index in [0.29, 0.717) is 13.1 Å². The maximum atomic E-state index is 12.3. The maximum absolute atomic E-state index is 12.3. The molecule has 1 aromatic carbocycles. The fourth-order valence-electron chi connectivity index (χ4n) is 1.90. The van der Waals surface area contributed by atoms with Crippen LogP contribution in [0.3, 0.4) is 0 Å². The molecule has 1 heterocycles. The van der Waals surface area contributed by atoms with Crippen molar-refractivity contribution in [3.63, 3.8) is 0 Å². The predicted octanol–water partition coefficient (Wildman–Crippen LogP) is 0.999. The molecule has 1 amide bonds. The van der Waals surface area contributed by atoms with Gasteiger partial charge in [-0.15, -0.1) is 0 Å². The number of nitrogens with two attached hydrogens (primary N) is 1. The second-order valence-corrected chi connectivity index (χ2v) is 4.54. The highest BCUT2D eigenvalue weighted by molar-refractivity contribution is 5.97. The number of carbonyl (C=O) groups excluding carboxylic acids is 1. The van der Waals surface area contributed by atoms with E-state index < -0.39 is 0 Å². The number of nitrogens with zero attached hydrogens (tertiary/aromatic N) is 3. The summed E-state index contributed by atoms with van der Waals surface area (Å²) in [7, 11) is 1.70. The van der Waals surface area contributed by atoms with Gasteiger partial charge >= 0.3 is 0 Å². The first-order valence-electron chi connectivity index (χ1n) is 6.40. The van der Waals surface area contributed by atoms with Gasteiger partial charge in [0.05, 0.1) is 11.9 Å². The van der Waals surface area contributed by atoms with Crippen molar-refractivity contribution in [3.05, 3.63) is 42.5 Å². The van der Waals surface area contributed by atoms with Gasteiger partial charge in [-0.05, 0) is 31.2 Å². The van der Waals surface area contributed by atoms with Crippen molar-refractivity contribution >= 4 is 5.91 Å². The normalized spacial score (nSPS) is 10.5. The quantitative estimate of drug-likeness (QED) is 0.852. The molecule has 0 aliphatic carbocycles. The van der Waals surface area contributed by atoms with Gasteiger partial charge in [0.15, 0.2) is 0 Å². The van der Waals surface area contributed by atoms with E-state index in [4.69, 9.17) is 5.73 Å². The summed E-state index contributed by atoms with van der Waals surface area (Å²) in [5.41, 5.74) is 6.48. The Bertz CT molecular complexity index is 581. The van der Waals surface area contributed by atoms with Gasteiger partial charge in [-0.25, -0.2) is 4.98 Å². The van der Waals surface area contributed by atoms with Gasteiger partial charge in [0.25, 0.3) is 5.91 Å². The standard InChI is InChI=1S/C14H18N4O2/c1-17(7-2-5-15)14(20)12-9-11(3-4-13(12)19)18-8-6-16-10-18/h3-4,6,8-10,19H,2,5,7,15H2,1H3. The summed E-state index contributed by atoms with van der Waals surface area (Å²) in [5, 5.41) is 9.88. The molecule has 0 fully saturated rings. The van der Waals surface area contributed by atoms with Crippen LogP contribution in [0.15, 0.2) is 36.9 Å². The molecule has 2 rings (SSSR count). The summed E-state index contributed by atoms with van der Waals surface area (Å²) in [4.78, 5) is 17.8. The second kappa shape index (κ2) is 6.21. The van der Waals surface area contributed by atoms with Gasteiger partial charge in [-0.3, -0.25) is 4.79 Å². The summed E-state index contributed by atoms with van der Waals surface area (Å²) >= 11 is 0. The third-order valence-corrected chi connectivity index (χ3v) is 3.06. The molecule has 0 saturated carbocycles. The number of phenols is 1. The first-order chi connectivity index (χ1) is 9.63. The van der Waals surface area contributed by atoms with Crippen LogP contribution in [0.5, 0.6) is 5.75 Å². The van der Waals surface area contributed by atoms with E-state index in [1.807, 2.05) is 0 Å². The summed E-state index contributed by atoms with van der Waals surface area (Å²) < 4.78 is 1.77. The molecule has 0 aliphatic heterocycles. The molecule has 0 saturated heterocycles. The summed E-state index contributed by atoms with van der Waals surface area (Å²) in [6.45, 7) is 1.09. The number of carbonyl (C=O) groups is 1. The monoisotopic (exact) mass is 274 g/mol. The van der Waals surface area contributed by atoms with Gasteiger partial charge in [-0.1, -0.05) is 0 Å². The molecule has 1 aromatic heterocycles. The van der Waals surface area contributed by atoms with Crippen LogP contribution in [-0.2, 0) is 0 Å². The lowest BCUT2D eigenvalue weighted by molar-refractivity contribution is 0.0791. The summed E-state index contributed by atoms with van der Waals surface area (Å²) in [6.07, 6.45) is 5.80. The fourth-order valence-corrected chi connectivity index (χ4v) is 1.90. The van der Waals surface area contributed by atoms with Gasteiger partial charge in [-0.2, -0.15) is 0 Å². The molecule has 0 spiro atoms. The van der Waals surface area contributed by atoms with Crippen LogP contribution >= 0.6 is 0 Å². The lowest BCUT2D eigenvalue weighted by atomic mass is 10.1. The Labute approximate surface area is 117 Å². The van der Waals surface area contributed by atoms with Crippen LogP contribution in [0.1, 0.15) is 16.8 Å². The van der Waals surface area contributed by atoms with Crippen LogP contribution in [0, 0.1) is 0 Å². The first kappa shape index (κ1) is 14.1. The van der Waals surface area contributed by atoms with E-state index >= 15 is 0 Å². The molecule has 2 aromatic rings. The summed E-state index contributed by atoms with van der Waals surface area (Å²) in [5.74, 6) is -0.253. The molecule has 20 heavy (non-hydrogen) atoms. The SMILES string of the molecule is CN(CCCN)C(=O)c1cc(-n2ccnc2)ccc1O. The first-order valence-corrected chi connectivity index (χ1v) is 6.40. The molecule has 0 unspecified atom stereocenters. The highest BCUT2D eigenvalue weighted by Gasteiger charge is 2.16. The average Bonchev–Trinajstić information content (AvgIpc) is 2.98. The topological polar surface area (TPSA) is 84.4 Å². The van der Waals surface area contributed by atoms with Crippen molar-refractivity contribution in [2.45, 2.75) is 6.42 Å². The predicted molar refractivity (Wildman–Crippen MR) is 75.9 cm³/mol. The molecule has 6 nitrogen and oxygen atoms in total. The Hall–Kier alpha value is -2.34. The highest BCUT2D eigenvalue weighted by Crippen LogP contribution is 2.22. The van der Waals surface area contributed by atoms with Crippen molar-refractivity contribution in [1.29, 1.82) is 0 Å². The van der Waals surface area contributed by atoms with Gasteiger partial charge in [0.2, 0.25) is 0 Å². The largest absolute Gasteiger partial charge is 0.507 e. The van der Waals surface area contributed by atoms with E-state index in [2.05, 4.69) is 4.98 Å². The molecule has 0 atom stereocenters. The van der Waals surface area contributed by atoms with Crippen LogP contribution in [-0.4, -0.2) is 45.6 Å². The van der Waals surface area contributed by atoms with E-state index in [-0.39, 0.29) is 17.2 Å². The Kier molecular flexibility index (Phi) is 4.37. The minimum atomic E-state index is -0.224. The average molecular weight is 274 g/mol. The molecule has 106 valence electrons. The van der Waals surface area contributed by atoms with Crippen molar-refractivity contribution in [2.24, 2.45) is 5.73 Å². The number of phenolic OH excluding ortho intramolecular Hbond substituents is 1. The number of hydrogen-bond donors (Lipinski definition) is 2. The van der Waals surface area contributed by atoms with Crippen molar-refractivity contribution < 1.29 is 9.90 Å². The smallest absolute Gasteiger partial charge is 0.257 e. The molecule has 0 aliphatic rings. The molecule has 3 N–H and O–H groups in total. The van der Waals surface area contributed by atoms with E-state index in [1.165, 1.54) is 6.07 Å². The van der Waals surface area contributed by atoms with Crippen molar-refractivity contribution in [2.75, 3.05) is 20.1 Å². The molecular weight excluding hydrogens is 256 g/mol. The number of aromatic nitrogens is 2. The van der Waals surface area contributed by atoms with E-state index in [0.717, 1.165) is 12.1 Å². The fraction of sp³-hybridized carbons (Fsp3) is 0.286. The van der Waals surface area contributed by atoms with Gasteiger partial charge in [0.1, 0.15) is 5.75 Å². The number of imidazole rings is 1. The maximum Gasteiger partial charge on any atom is 0.257 e. The molecule has 0 radical (unpaired) electrons. The second-order valence-electron chi connectivity index (χ2n) is 4.54. The van der Waals surface area contributed by atoms with E-state index in [1.54, 1.807) is 47.4 Å². The minimum absolute atomic E-state index is 0.0292. The molecular formula is C14H18N4O2. The number of benzene rings is 1. The Morgan fingerprint density at radius 2 is 2.30 bits per heavy atom. The lowest BCUT2D eigenvalue weighted by Gasteiger charge is -2.18. The zero-order chi connectivity index (χ0) is 14.5. The van der Waals surface area contributed by atoms with Crippen LogP contribution < -0.4 is 5.73 Å². The Morgan fingerprint density at radius 3 is 2.95 bits per heavy atom.